The molecule has 0 aromatic heterocycles. The Balaban J connectivity index is 0.00000128. The van der Waals surface area contributed by atoms with E-state index in [9.17, 15) is 0 Å². The van der Waals surface area contributed by atoms with E-state index in [-0.39, 0.29) is 53.1 Å². The third-order valence-corrected chi connectivity index (χ3v) is 13.0. The largest absolute Gasteiger partial charge is 1.00 e. The van der Waals surface area contributed by atoms with E-state index in [0.717, 1.165) is 3.63 Å². The van der Waals surface area contributed by atoms with Gasteiger partial charge >= 0.3 is 105 Å². The quantitative estimate of drug-likeness (QED) is 0.525. The van der Waals surface area contributed by atoms with E-state index in [4.69, 9.17) is 0 Å². The zero-order valence-electron chi connectivity index (χ0n) is 10.5. The number of rotatable bonds is 3. The summed E-state index contributed by atoms with van der Waals surface area (Å²) in [7, 11) is 0. The molecule has 0 heterocycles. The van der Waals surface area contributed by atoms with Crippen molar-refractivity contribution < 1.29 is 47.2 Å². The molecule has 92 valence electrons. The van der Waals surface area contributed by atoms with Gasteiger partial charge in [-0.2, -0.15) is 0 Å². The van der Waals surface area contributed by atoms with Crippen LogP contribution in [0.3, 0.4) is 0 Å². The molecule has 1 aliphatic rings. The van der Waals surface area contributed by atoms with E-state index in [1.54, 1.807) is 11.1 Å². The number of halogens is 2. The Labute approximate surface area is 129 Å². The Morgan fingerprint density at radius 2 is 1.82 bits per heavy atom. The number of allylic oxidation sites excluding steroid dienone is 1. The van der Waals surface area contributed by atoms with Gasteiger partial charge in [-0.15, -0.1) is 0 Å². The van der Waals surface area contributed by atoms with E-state index in [2.05, 4.69) is 50.4 Å². The third-order valence-electron chi connectivity index (χ3n) is 2.93. The van der Waals surface area contributed by atoms with Crippen molar-refractivity contribution in [3.63, 3.8) is 0 Å². The molecule has 0 spiro atoms. The predicted molar refractivity (Wildman–Crippen MR) is 66.3 cm³/mol. The molecule has 0 radical (unpaired) electrons. The minimum Gasteiger partial charge on any atom is -1.00 e. The SMILES string of the molecule is CCC1=Cc2ccccc2[CH]1[Zr+2][SiH](C)C.[Cl-].[Cl-]. The summed E-state index contributed by atoms with van der Waals surface area (Å²) in [5.41, 5.74) is 4.89. The average Bonchev–Trinajstić information content (AvgIpc) is 2.56. The van der Waals surface area contributed by atoms with Crippen LogP contribution in [0.25, 0.3) is 6.08 Å². The molecular formula is C13H18Cl2SiZr. The summed E-state index contributed by atoms with van der Waals surface area (Å²) in [6.07, 6.45) is 3.71. The van der Waals surface area contributed by atoms with Crippen molar-refractivity contribution in [2.75, 3.05) is 0 Å². The van der Waals surface area contributed by atoms with Crippen LogP contribution in [-0.4, -0.2) is 5.92 Å². The third kappa shape index (κ3) is 4.06. The standard InChI is InChI=1S/C11H11.C2H7Si.2ClH.Zr/c1-2-9-7-10-5-3-4-6-11(10)8-9;1-3-2;;;/h3-8H,2H2,1H3;3H,1-2H3;2*1H;/q;;;;+2/p-2. The van der Waals surface area contributed by atoms with Crippen molar-refractivity contribution in [3.05, 3.63) is 41.0 Å². The van der Waals surface area contributed by atoms with Crippen LogP contribution >= 0.6 is 0 Å². The molecule has 0 nitrogen and oxygen atoms in total. The molecule has 2 rings (SSSR count). The van der Waals surface area contributed by atoms with Crippen LogP contribution in [-0.2, 0) is 22.4 Å². The van der Waals surface area contributed by atoms with E-state index in [1.807, 2.05) is 0 Å². The van der Waals surface area contributed by atoms with Crippen LogP contribution in [0.15, 0.2) is 29.8 Å². The van der Waals surface area contributed by atoms with Crippen LogP contribution in [0.4, 0.5) is 0 Å². The van der Waals surface area contributed by atoms with Gasteiger partial charge in [0.2, 0.25) is 0 Å². The van der Waals surface area contributed by atoms with Gasteiger partial charge in [0.25, 0.3) is 0 Å². The summed E-state index contributed by atoms with van der Waals surface area (Å²) >= 11 is -0.165. The van der Waals surface area contributed by atoms with Gasteiger partial charge in [0.15, 0.2) is 0 Å². The maximum absolute atomic E-state index is 2.53. The van der Waals surface area contributed by atoms with Crippen LogP contribution in [0, 0.1) is 0 Å². The first kappa shape index (κ1) is 17.6. The Morgan fingerprint density at radius 3 is 2.41 bits per heavy atom. The molecule has 17 heavy (non-hydrogen) atoms. The van der Waals surface area contributed by atoms with Crippen molar-refractivity contribution in [1.29, 1.82) is 0 Å². The van der Waals surface area contributed by atoms with Crippen LogP contribution in [0.1, 0.15) is 28.1 Å². The van der Waals surface area contributed by atoms with E-state index in [0.29, 0.717) is 0 Å². The van der Waals surface area contributed by atoms with Crippen molar-refractivity contribution in [2.45, 2.75) is 30.1 Å². The molecule has 0 fully saturated rings. The molecule has 1 atom stereocenters. The first-order chi connectivity index (χ1) is 7.22. The Morgan fingerprint density at radius 1 is 1.18 bits per heavy atom. The van der Waals surface area contributed by atoms with Crippen molar-refractivity contribution in [3.8, 4) is 0 Å². The van der Waals surface area contributed by atoms with Gasteiger partial charge in [0.1, 0.15) is 0 Å². The van der Waals surface area contributed by atoms with Gasteiger partial charge in [-0.1, -0.05) is 0 Å². The molecule has 0 aliphatic heterocycles. The van der Waals surface area contributed by atoms with Gasteiger partial charge < -0.3 is 24.8 Å². The second kappa shape index (κ2) is 7.94. The maximum Gasteiger partial charge on any atom is -1.00 e. The molecule has 0 amide bonds. The first-order valence-electron chi connectivity index (χ1n) is 5.77. The summed E-state index contributed by atoms with van der Waals surface area (Å²) < 4.78 is 0.918. The fourth-order valence-corrected chi connectivity index (χ4v) is 12.5. The molecule has 1 aliphatic carbocycles. The van der Waals surface area contributed by atoms with Gasteiger partial charge in [-0.05, 0) is 0 Å². The van der Waals surface area contributed by atoms with Crippen molar-refractivity contribution >= 4 is 12.0 Å². The Bertz CT molecular complexity index is 391. The predicted octanol–water partition coefficient (Wildman–Crippen LogP) is -2.39. The van der Waals surface area contributed by atoms with Crippen molar-refractivity contribution in [1.82, 2.24) is 0 Å². The average molecular weight is 365 g/mol. The van der Waals surface area contributed by atoms with Crippen molar-refractivity contribution in [2.24, 2.45) is 0 Å². The van der Waals surface area contributed by atoms with Gasteiger partial charge in [0.05, 0.1) is 0 Å². The number of fused-ring (bicyclic) bond motifs is 1. The maximum atomic E-state index is 2.53. The minimum atomic E-state index is -0.306. The molecule has 0 N–H and O–H groups in total. The summed E-state index contributed by atoms with van der Waals surface area (Å²) in [6, 6.07) is 9.02. The first-order valence-corrected chi connectivity index (χ1v) is 14.3. The molecule has 0 bridgehead atoms. The summed E-state index contributed by atoms with van der Waals surface area (Å²) in [5, 5.41) is 0. The molecule has 1 unspecified atom stereocenters. The number of benzene rings is 1. The van der Waals surface area contributed by atoms with E-state index < -0.39 is 0 Å². The van der Waals surface area contributed by atoms with E-state index >= 15 is 0 Å². The fraction of sp³-hybridized carbons (Fsp3) is 0.385. The van der Waals surface area contributed by atoms with Crippen LogP contribution in [0.5, 0.6) is 0 Å². The Kier molecular flexibility index (Phi) is 8.24. The van der Waals surface area contributed by atoms with Crippen LogP contribution < -0.4 is 24.8 Å². The second-order valence-corrected chi connectivity index (χ2v) is 19.5. The zero-order chi connectivity index (χ0) is 10.8. The number of hydrogen-bond acceptors (Lipinski definition) is 0. The minimum absolute atomic E-state index is 0. The van der Waals surface area contributed by atoms with Gasteiger partial charge in [0, 0.05) is 0 Å². The van der Waals surface area contributed by atoms with Gasteiger partial charge in [-0.25, -0.2) is 0 Å². The summed E-state index contributed by atoms with van der Waals surface area (Å²) in [5.74, 6) is -0.306. The fourth-order valence-electron chi connectivity index (χ4n) is 2.22. The second-order valence-electron chi connectivity index (χ2n) is 4.46. The normalized spacial score (nSPS) is 16.5. The topological polar surface area (TPSA) is 0 Å². The molecule has 0 saturated carbocycles. The Hall–Kier alpha value is 0.640. The summed E-state index contributed by atoms with van der Waals surface area (Å²) in [6.45, 7) is 7.37. The monoisotopic (exact) mass is 362 g/mol. The number of hydrogen-bond donors (Lipinski definition) is 0. The zero-order valence-corrected chi connectivity index (χ0v) is 15.6. The van der Waals surface area contributed by atoms with Crippen LogP contribution in [0.2, 0.25) is 13.1 Å². The summed E-state index contributed by atoms with van der Waals surface area (Å²) in [4.78, 5) is 0. The molecule has 1 aromatic rings. The smallest absolute Gasteiger partial charge is 1.00 e. The van der Waals surface area contributed by atoms with Gasteiger partial charge in [-0.3, -0.25) is 0 Å². The molecule has 1 aromatic carbocycles. The molecular weight excluding hydrogens is 346 g/mol. The molecule has 4 heteroatoms. The molecule has 0 saturated heterocycles. The van der Waals surface area contributed by atoms with E-state index in [1.165, 1.54) is 12.0 Å².